The summed E-state index contributed by atoms with van der Waals surface area (Å²) in [4.78, 5) is 19.5. The van der Waals surface area contributed by atoms with E-state index >= 15 is 0 Å². The van der Waals surface area contributed by atoms with Gasteiger partial charge in [0, 0.05) is 24.9 Å². The van der Waals surface area contributed by atoms with Gasteiger partial charge in [0.15, 0.2) is 0 Å². The smallest absolute Gasteiger partial charge is 0.265 e. The van der Waals surface area contributed by atoms with Crippen molar-refractivity contribution in [3.05, 3.63) is 106 Å². The van der Waals surface area contributed by atoms with E-state index in [4.69, 9.17) is 4.78 Å². The maximum atomic E-state index is 13.7. The lowest BCUT2D eigenvalue weighted by Gasteiger charge is -2.24. The molecule has 0 radical (unpaired) electrons. The predicted molar refractivity (Wildman–Crippen MR) is 129 cm³/mol. The number of thioether (sulfide) groups is 1. The second-order valence-corrected chi connectivity index (χ2v) is 10.3. The molecular formula is C25H23N3OS2. The van der Waals surface area contributed by atoms with Crippen LogP contribution in [0.4, 0.5) is 5.69 Å². The van der Waals surface area contributed by atoms with Gasteiger partial charge < -0.3 is 9.80 Å². The molecule has 156 valence electrons. The molecule has 5 rings (SSSR count). The Balaban J connectivity index is 1.55. The molecule has 1 N–H and O–H groups in total. The van der Waals surface area contributed by atoms with E-state index in [0.717, 1.165) is 26.7 Å². The van der Waals surface area contributed by atoms with Crippen LogP contribution < -0.4 is 4.90 Å². The van der Waals surface area contributed by atoms with Gasteiger partial charge in [0.05, 0.1) is 11.1 Å². The largest absolute Gasteiger partial charge is 0.337 e. The number of nitrogens with one attached hydrogen (secondary N) is 1. The third-order valence-corrected chi connectivity index (χ3v) is 8.81. The highest BCUT2D eigenvalue weighted by molar-refractivity contribution is 8.05. The highest BCUT2D eigenvalue weighted by Gasteiger charge is 2.43. The topological polar surface area (TPSA) is 47.4 Å². The molecule has 1 saturated heterocycles. The number of rotatable bonds is 4. The van der Waals surface area contributed by atoms with Gasteiger partial charge in [-0.05, 0) is 34.0 Å². The Bertz CT molecular complexity index is 1120. The summed E-state index contributed by atoms with van der Waals surface area (Å²) in [5.41, 5.74) is 3.35. The van der Waals surface area contributed by atoms with E-state index in [0.29, 0.717) is 17.9 Å². The predicted octanol–water partition coefficient (Wildman–Crippen LogP) is 5.39. The number of amides is 1. The average Bonchev–Trinajstić information content (AvgIpc) is 3.24. The zero-order valence-electron chi connectivity index (χ0n) is 17.2. The summed E-state index contributed by atoms with van der Waals surface area (Å²) >= 11 is 1.61. The van der Waals surface area contributed by atoms with E-state index in [-0.39, 0.29) is 11.3 Å². The fourth-order valence-electron chi connectivity index (χ4n) is 4.07. The third kappa shape index (κ3) is 3.70. The Hall–Kier alpha value is -2.83. The van der Waals surface area contributed by atoms with Gasteiger partial charge >= 0.3 is 0 Å². The van der Waals surface area contributed by atoms with Gasteiger partial charge in [-0.25, -0.2) is 0 Å². The quantitative estimate of drug-likeness (QED) is 0.548. The highest BCUT2D eigenvalue weighted by Crippen LogP contribution is 2.48. The molecule has 3 aromatic carbocycles. The second-order valence-electron chi connectivity index (χ2n) is 7.66. The molecule has 2 aliphatic heterocycles. The molecule has 2 aliphatic rings. The van der Waals surface area contributed by atoms with E-state index in [1.54, 1.807) is 11.8 Å². The standard InChI is InChI=1S/C25H23N3OS2/c1-27-20-14-8-9-15-21(20)30-25(27)23-24(29)28(17-19-12-6-3-7-13-19)22(31(23)26)16-18-10-4-2-5-11-18/h2-15,22,26H,16-17H2,1H3. The molecule has 1 amide bonds. The molecule has 0 aliphatic carbocycles. The van der Waals surface area contributed by atoms with Crippen LogP contribution >= 0.6 is 11.8 Å². The molecule has 2 atom stereocenters. The Morgan fingerprint density at radius 1 is 0.903 bits per heavy atom. The summed E-state index contributed by atoms with van der Waals surface area (Å²) in [5.74, 6) is -0.00901. The second kappa shape index (κ2) is 8.36. The molecule has 4 nitrogen and oxygen atoms in total. The van der Waals surface area contributed by atoms with Crippen molar-refractivity contribution in [1.29, 1.82) is 4.78 Å². The highest BCUT2D eigenvalue weighted by atomic mass is 32.2. The van der Waals surface area contributed by atoms with Crippen molar-refractivity contribution in [2.24, 2.45) is 0 Å². The lowest BCUT2D eigenvalue weighted by Crippen LogP contribution is -2.35. The number of benzene rings is 3. The number of anilines is 1. The van der Waals surface area contributed by atoms with Crippen LogP contribution in [0.5, 0.6) is 0 Å². The summed E-state index contributed by atoms with van der Waals surface area (Å²) in [6, 6.07) is 28.5. The normalized spacial score (nSPS) is 22.8. The molecule has 0 saturated carbocycles. The first kappa shape index (κ1) is 20.1. The minimum Gasteiger partial charge on any atom is -0.337 e. The van der Waals surface area contributed by atoms with Gasteiger partial charge in [0.25, 0.3) is 5.91 Å². The van der Waals surface area contributed by atoms with Crippen molar-refractivity contribution >= 4 is 34.0 Å². The SMILES string of the molecule is CN1C(=C2C(=O)N(Cc3ccccc3)C(Cc3ccccc3)S2=N)Sc2ccccc21. The minimum absolute atomic E-state index is 0.00901. The molecule has 31 heavy (non-hydrogen) atoms. The average molecular weight is 446 g/mol. The van der Waals surface area contributed by atoms with Crippen molar-refractivity contribution in [1.82, 2.24) is 4.90 Å². The lowest BCUT2D eigenvalue weighted by atomic mass is 10.1. The van der Waals surface area contributed by atoms with Crippen LogP contribution in [0.25, 0.3) is 0 Å². The van der Waals surface area contributed by atoms with Gasteiger partial charge in [0.1, 0.15) is 9.93 Å². The van der Waals surface area contributed by atoms with E-state index in [1.165, 1.54) is 0 Å². The Morgan fingerprint density at radius 2 is 1.52 bits per heavy atom. The van der Waals surface area contributed by atoms with Crippen molar-refractivity contribution in [2.45, 2.75) is 23.2 Å². The Morgan fingerprint density at radius 3 is 2.19 bits per heavy atom. The molecular weight excluding hydrogens is 422 g/mol. The molecule has 0 spiro atoms. The maximum Gasteiger partial charge on any atom is 0.265 e. The molecule has 3 aromatic rings. The minimum atomic E-state index is -0.938. The van der Waals surface area contributed by atoms with Gasteiger partial charge in [0.2, 0.25) is 0 Å². The summed E-state index contributed by atoms with van der Waals surface area (Å²) in [5, 5.41) is 0.730. The van der Waals surface area contributed by atoms with Crippen molar-refractivity contribution in [3.8, 4) is 0 Å². The van der Waals surface area contributed by atoms with Crippen LogP contribution in [0.2, 0.25) is 0 Å². The van der Waals surface area contributed by atoms with Crippen LogP contribution in [-0.2, 0) is 28.5 Å². The first-order valence-electron chi connectivity index (χ1n) is 10.2. The van der Waals surface area contributed by atoms with Crippen LogP contribution in [0.1, 0.15) is 11.1 Å². The molecule has 6 heteroatoms. The van der Waals surface area contributed by atoms with Gasteiger partial charge in [-0.2, -0.15) is 0 Å². The Labute approximate surface area is 189 Å². The van der Waals surface area contributed by atoms with Crippen molar-refractivity contribution in [3.63, 3.8) is 0 Å². The van der Waals surface area contributed by atoms with E-state index in [2.05, 4.69) is 29.2 Å². The van der Waals surface area contributed by atoms with Gasteiger partial charge in [-0.3, -0.25) is 9.57 Å². The number of carbonyl (C=O) groups is 1. The number of nitrogens with zero attached hydrogens (tertiary/aromatic N) is 2. The number of hydrogen-bond donors (Lipinski definition) is 1. The van der Waals surface area contributed by atoms with E-state index in [9.17, 15) is 4.79 Å². The van der Waals surface area contributed by atoms with Gasteiger partial charge in [-0.1, -0.05) is 84.6 Å². The first-order valence-corrected chi connectivity index (χ1v) is 12.3. The molecule has 2 unspecified atom stereocenters. The van der Waals surface area contributed by atoms with Gasteiger partial charge in [-0.15, -0.1) is 0 Å². The van der Waals surface area contributed by atoms with Crippen LogP contribution in [0.3, 0.4) is 0 Å². The zero-order chi connectivity index (χ0) is 21.4. The summed E-state index contributed by atoms with van der Waals surface area (Å²) in [6.45, 7) is 0.525. The molecule has 0 aromatic heterocycles. The zero-order valence-corrected chi connectivity index (χ0v) is 18.8. The van der Waals surface area contributed by atoms with Crippen LogP contribution in [0, 0.1) is 4.78 Å². The summed E-state index contributed by atoms with van der Waals surface area (Å²) in [6.07, 6.45) is 0.685. The fourth-order valence-corrected chi connectivity index (χ4v) is 7.23. The summed E-state index contributed by atoms with van der Waals surface area (Å²) < 4.78 is 9.15. The van der Waals surface area contributed by atoms with E-state index in [1.807, 2.05) is 72.6 Å². The van der Waals surface area contributed by atoms with Crippen LogP contribution in [-0.4, -0.2) is 23.2 Å². The Kier molecular flexibility index (Phi) is 5.42. The molecule has 0 bridgehead atoms. The van der Waals surface area contributed by atoms with E-state index < -0.39 is 10.7 Å². The number of fused-ring (bicyclic) bond motifs is 1. The maximum absolute atomic E-state index is 13.7. The first-order chi connectivity index (χ1) is 15.1. The van der Waals surface area contributed by atoms with Crippen LogP contribution in [0.15, 0.2) is 99.8 Å². The lowest BCUT2D eigenvalue weighted by molar-refractivity contribution is -0.126. The number of para-hydroxylation sites is 1. The fraction of sp³-hybridized carbons (Fsp3) is 0.160. The number of hydrogen-bond acceptors (Lipinski definition) is 4. The molecule has 1 fully saturated rings. The van der Waals surface area contributed by atoms with Crippen molar-refractivity contribution in [2.75, 3.05) is 11.9 Å². The summed E-state index contributed by atoms with van der Waals surface area (Å²) in [7, 11) is 1.06. The molecule has 2 heterocycles. The monoisotopic (exact) mass is 445 g/mol. The van der Waals surface area contributed by atoms with Crippen molar-refractivity contribution < 1.29 is 4.79 Å². The third-order valence-electron chi connectivity index (χ3n) is 5.68. The number of carbonyl (C=O) groups excluding carboxylic acids is 1.